The number of nitro groups is 1. The van der Waals surface area contributed by atoms with Crippen LogP contribution in [0.3, 0.4) is 0 Å². The summed E-state index contributed by atoms with van der Waals surface area (Å²) >= 11 is 9.50. The van der Waals surface area contributed by atoms with E-state index >= 15 is 0 Å². The normalized spacial score (nSPS) is 14.1. The van der Waals surface area contributed by atoms with E-state index in [0.717, 1.165) is 0 Å². The number of hydrogen-bond acceptors (Lipinski definition) is 7. The molecule has 1 aliphatic rings. The molecule has 0 amide bonds. The van der Waals surface area contributed by atoms with Gasteiger partial charge in [0.2, 0.25) is 5.90 Å². The van der Waals surface area contributed by atoms with Crippen LogP contribution in [-0.4, -0.2) is 22.8 Å². The molecule has 4 rings (SSSR count). The Balaban J connectivity index is 1.64. The molecule has 1 aliphatic heterocycles. The van der Waals surface area contributed by atoms with Gasteiger partial charge in [-0.1, -0.05) is 39.7 Å². The summed E-state index contributed by atoms with van der Waals surface area (Å²) in [6.07, 6.45) is 1.43. The summed E-state index contributed by atoms with van der Waals surface area (Å²) in [4.78, 5) is 39.4. The first-order valence-corrected chi connectivity index (χ1v) is 10.5. The second-order valence-electron chi connectivity index (χ2n) is 6.69. The van der Waals surface area contributed by atoms with Crippen LogP contribution in [0.5, 0.6) is 5.75 Å². The molecule has 3 aromatic carbocycles. The standard InChI is InChI=1S/C23H12BrClN2O6/c24-15-7-10-20(32-22(28)13-5-8-16(9-6-13)27(30)31)14(11-15)12-19-23(29)33-21(26-19)17-3-1-2-4-18(17)25/h1-12H/b19-12-. The Bertz CT molecular complexity index is 1350. The van der Waals surface area contributed by atoms with Gasteiger partial charge in [-0.05, 0) is 48.5 Å². The fourth-order valence-electron chi connectivity index (χ4n) is 2.91. The molecule has 3 aromatic rings. The van der Waals surface area contributed by atoms with Crippen molar-refractivity contribution >= 4 is 57.1 Å². The van der Waals surface area contributed by atoms with Gasteiger partial charge in [-0.2, -0.15) is 0 Å². The Kier molecular flexibility index (Phi) is 6.34. The lowest BCUT2D eigenvalue weighted by Gasteiger charge is -2.08. The Morgan fingerprint density at radius 2 is 1.85 bits per heavy atom. The summed E-state index contributed by atoms with van der Waals surface area (Å²) in [5.41, 5.74) is 0.829. The predicted molar refractivity (Wildman–Crippen MR) is 124 cm³/mol. The third-order valence-corrected chi connectivity index (χ3v) is 5.33. The number of rotatable bonds is 5. The summed E-state index contributed by atoms with van der Waals surface area (Å²) in [6.45, 7) is 0. The minimum Gasteiger partial charge on any atom is -0.422 e. The van der Waals surface area contributed by atoms with Crippen LogP contribution in [0.15, 0.2) is 81.9 Å². The van der Waals surface area contributed by atoms with E-state index in [1.165, 1.54) is 30.3 Å². The maximum Gasteiger partial charge on any atom is 0.363 e. The van der Waals surface area contributed by atoms with Crippen molar-refractivity contribution in [1.29, 1.82) is 0 Å². The molecule has 33 heavy (non-hydrogen) atoms. The van der Waals surface area contributed by atoms with Crippen molar-refractivity contribution < 1.29 is 24.0 Å². The molecule has 0 aromatic heterocycles. The minimum absolute atomic E-state index is 0.00402. The number of halogens is 2. The number of cyclic esters (lactones) is 1. The quantitative estimate of drug-likeness (QED) is 0.141. The van der Waals surface area contributed by atoms with E-state index in [4.69, 9.17) is 21.1 Å². The van der Waals surface area contributed by atoms with E-state index in [1.807, 2.05) is 0 Å². The number of ether oxygens (including phenoxy) is 2. The van der Waals surface area contributed by atoms with Crippen LogP contribution in [0.25, 0.3) is 6.08 Å². The molecule has 10 heteroatoms. The Morgan fingerprint density at radius 1 is 1.12 bits per heavy atom. The maximum absolute atomic E-state index is 12.6. The highest BCUT2D eigenvalue weighted by Gasteiger charge is 2.26. The number of hydrogen-bond donors (Lipinski definition) is 0. The molecule has 164 valence electrons. The van der Waals surface area contributed by atoms with Gasteiger partial charge in [-0.15, -0.1) is 0 Å². The third kappa shape index (κ3) is 5.00. The zero-order chi connectivity index (χ0) is 23.5. The monoisotopic (exact) mass is 526 g/mol. The molecular formula is C23H12BrClN2O6. The molecule has 0 atom stereocenters. The van der Waals surface area contributed by atoms with E-state index in [2.05, 4.69) is 20.9 Å². The number of nitrogens with zero attached hydrogens (tertiary/aromatic N) is 2. The number of carbonyl (C=O) groups is 2. The zero-order valence-electron chi connectivity index (χ0n) is 16.5. The smallest absolute Gasteiger partial charge is 0.363 e. The number of benzene rings is 3. The number of esters is 2. The fourth-order valence-corrected chi connectivity index (χ4v) is 3.50. The first kappa shape index (κ1) is 22.4. The van der Waals surface area contributed by atoms with Gasteiger partial charge in [0, 0.05) is 22.2 Å². The molecular weight excluding hydrogens is 516 g/mol. The number of non-ortho nitro benzene ring substituents is 1. The van der Waals surface area contributed by atoms with Crippen molar-refractivity contribution in [1.82, 2.24) is 0 Å². The van der Waals surface area contributed by atoms with Crippen molar-refractivity contribution in [2.75, 3.05) is 0 Å². The zero-order valence-corrected chi connectivity index (χ0v) is 18.9. The first-order chi connectivity index (χ1) is 15.8. The van der Waals surface area contributed by atoms with Gasteiger partial charge in [0.15, 0.2) is 5.70 Å². The largest absolute Gasteiger partial charge is 0.422 e. The van der Waals surface area contributed by atoms with Gasteiger partial charge in [-0.3, -0.25) is 10.1 Å². The van der Waals surface area contributed by atoms with Crippen molar-refractivity contribution in [2.45, 2.75) is 0 Å². The average Bonchev–Trinajstić information content (AvgIpc) is 3.15. The molecule has 0 fully saturated rings. The second kappa shape index (κ2) is 9.35. The topological polar surface area (TPSA) is 108 Å². The number of nitro benzene ring substituents is 1. The van der Waals surface area contributed by atoms with Crippen LogP contribution >= 0.6 is 27.5 Å². The molecule has 0 bridgehead atoms. The lowest BCUT2D eigenvalue weighted by atomic mass is 10.1. The van der Waals surface area contributed by atoms with Crippen molar-refractivity contribution in [2.24, 2.45) is 4.99 Å². The maximum atomic E-state index is 12.6. The van der Waals surface area contributed by atoms with Gasteiger partial charge in [0.05, 0.1) is 21.1 Å². The van der Waals surface area contributed by atoms with Gasteiger partial charge >= 0.3 is 11.9 Å². The van der Waals surface area contributed by atoms with Gasteiger partial charge in [-0.25, -0.2) is 14.6 Å². The number of aliphatic imine (C=N–C) groups is 1. The third-order valence-electron chi connectivity index (χ3n) is 4.51. The minimum atomic E-state index is -0.721. The lowest BCUT2D eigenvalue weighted by molar-refractivity contribution is -0.384. The molecule has 0 radical (unpaired) electrons. The highest BCUT2D eigenvalue weighted by atomic mass is 79.9. The van der Waals surface area contributed by atoms with E-state index in [0.29, 0.717) is 20.6 Å². The van der Waals surface area contributed by atoms with Crippen molar-refractivity contribution in [3.05, 3.63) is 109 Å². The van der Waals surface area contributed by atoms with Crippen LogP contribution in [0.2, 0.25) is 5.02 Å². The Labute approximate surface area is 200 Å². The summed E-state index contributed by atoms with van der Waals surface area (Å²) in [6, 6.07) is 16.7. The van der Waals surface area contributed by atoms with Gasteiger partial charge < -0.3 is 9.47 Å². The predicted octanol–water partition coefficient (Wildman–Crippen LogP) is 5.57. The van der Waals surface area contributed by atoms with Crippen LogP contribution in [0, 0.1) is 10.1 Å². The molecule has 0 saturated carbocycles. The summed E-state index contributed by atoms with van der Waals surface area (Å²) < 4.78 is 11.4. The highest BCUT2D eigenvalue weighted by molar-refractivity contribution is 9.10. The molecule has 0 N–H and O–H groups in total. The van der Waals surface area contributed by atoms with Gasteiger partial charge in [0.25, 0.3) is 5.69 Å². The van der Waals surface area contributed by atoms with Crippen LogP contribution < -0.4 is 4.74 Å². The van der Waals surface area contributed by atoms with Crippen LogP contribution in [0.1, 0.15) is 21.5 Å². The Morgan fingerprint density at radius 3 is 2.55 bits per heavy atom. The van der Waals surface area contributed by atoms with Crippen molar-refractivity contribution in [3.63, 3.8) is 0 Å². The van der Waals surface area contributed by atoms with Crippen molar-refractivity contribution in [3.8, 4) is 5.75 Å². The lowest BCUT2D eigenvalue weighted by Crippen LogP contribution is -2.09. The molecule has 0 aliphatic carbocycles. The van der Waals surface area contributed by atoms with E-state index in [1.54, 1.807) is 42.5 Å². The van der Waals surface area contributed by atoms with Crippen LogP contribution in [0.4, 0.5) is 5.69 Å². The van der Waals surface area contributed by atoms with Gasteiger partial charge in [0.1, 0.15) is 5.75 Å². The molecule has 0 unspecified atom stereocenters. The van der Waals surface area contributed by atoms with E-state index in [9.17, 15) is 19.7 Å². The summed E-state index contributed by atoms with van der Waals surface area (Å²) in [7, 11) is 0. The van der Waals surface area contributed by atoms with E-state index < -0.39 is 16.9 Å². The summed E-state index contributed by atoms with van der Waals surface area (Å²) in [5, 5.41) is 11.2. The second-order valence-corrected chi connectivity index (χ2v) is 8.01. The molecule has 1 heterocycles. The fraction of sp³-hybridized carbons (Fsp3) is 0. The highest BCUT2D eigenvalue weighted by Crippen LogP contribution is 2.29. The molecule has 0 saturated heterocycles. The SMILES string of the molecule is O=C1OC(c2ccccc2Cl)=N/C1=C\c1cc(Br)ccc1OC(=O)c1ccc([N+](=O)[O-])cc1. The van der Waals surface area contributed by atoms with E-state index in [-0.39, 0.29) is 28.6 Å². The number of carbonyl (C=O) groups excluding carboxylic acids is 2. The molecule has 8 nitrogen and oxygen atoms in total. The van der Waals surface area contributed by atoms with Crippen LogP contribution in [-0.2, 0) is 9.53 Å². The molecule has 0 spiro atoms. The summed E-state index contributed by atoms with van der Waals surface area (Å²) in [5.74, 6) is -1.18. The average molecular weight is 528 g/mol. The first-order valence-electron chi connectivity index (χ1n) is 9.35. The Hall–Kier alpha value is -3.82.